The Balaban J connectivity index is 1.96. The summed E-state index contributed by atoms with van der Waals surface area (Å²) >= 11 is 0. The molecule has 0 bridgehead atoms. The highest BCUT2D eigenvalue weighted by atomic mass is 16.6. The van der Waals surface area contributed by atoms with E-state index in [0.717, 1.165) is 0 Å². The van der Waals surface area contributed by atoms with Crippen LogP contribution >= 0.6 is 0 Å². The fraction of sp³-hybridized carbons (Fsp3) is 0.294. The molecule has 1 heterocycles. The highest BCUT2D eigenvalue weighted by Gasteiger charge is 2.16. The van der Waals surface area contributed by atoms with E-state index < -0.39 is 11.7 Å². The zero-order valence-corrected chi connectivity index (χ0v) is 13.4. The van der Waals surface area contributed by atoms with Crippen LogP contribution in [0, 0.1) is 0 Å². The highest BCUT2D eigenvalue weighted by molar-refractivity contribution is 5.96. The summed E-state index contributed by atoms with van der Waals surface area (Å²) in [5, 5.41) is 5.35. The Kier molecular flexibility index (Phi) is 5.05. The Bertz CT molecular complexity index is 672. The molecule has 0 aliphatic rings. The zero-order valence-electron chi connectivity index (χ0n) is 13.4. The summed E-state index contributed by atoms with van der Waals surface area (Å²) in [7, 11) is 0. The topological polar surface area (TPSA) is 80.6 Å². The molecule has 0 spiro atoms. The summed E-state index contributed by atoms with van der Waals surface area (Å²) in [5.41, 5.74) is 0.345. The second-order valence-corrected chi connectivity index (χ2v) is 5.97. The van der Waals surface area contributed by atoms with Crippen LogP contribution in [0.15, 0.2) is 47.1 Å². The lowest BCUT2D eigenvalue weighted by molar-refractivity contribution is 0.0635. The summed E-state index contributed by atoms with van der Waals surface area (Å²) in [6, 6.07) is 10.2. The Hall–Kier alpha value is -2.76. The van der Waals surface area contributed by atoms with Gasteiger partial charge < -0.3 is 14.5 Å². The van der Waals surface area contributed by atoms with Gasteiger partial charge in [-0.1, -0.05) is 6.07 Å². The first-order chi connectivity index (χ1) is 10.8. The minimum atomic E-state index is -0.581. The van der Waals surface area contributed by atoms with E-state index in [4.69, 9.17) is 9.15 Å². The van der Waals surface area contributed by atoms with Crippen LogP contribution in [0.3, 0.4) is 0 Å². The average Bonchev–Trinajstić information content (AvgIpc) is 2.96. The third-order valence-corrected chi connectivity index (χ3v) is 2.77. The van der Waals surface area contributed by atoms with Crippen molar-refractivity contribution in [3.05, 3.63) is 54.0 Å². The van der Waals surface area contributed by atoms with Gasteiger partial charge in [-0.05, 0) is 51.1 Å². The number of hydrogen-bond acceptors (Lipinski definition) is 4. The third kappa shape index (κ3) is 5.50. The van der Waals surface area contributed by atoms with Crippen LogP contribution in [-0.4, -0.2) is 17.6 Å². The van der Waals surface area contributed by atoms with Gasteiger partial charge in [-0.2, -0.15) is 0 Å². The van der Waals surface area contributed by atoms with E-state index in [2.05, 4.69) is 10.6 Å². The van der Waals surface area contributed by atoms with E-state index in [1.165, 1.54) is 0 Å². The molecule has 0 saturated carbocycles. The van der Waals surface area contributed by atoms with E-state index in [1.54, 1.807) is 63.4 Å². The van der Waals surface area contributed by atoms with Gasteiger partial charge in [0.15, 0.2) is 0 Å². The average molecular weight is 316 g/mol. The van der Waals surface area contributed by atoms with E-state index in [9.17, 15) is 9.59 Å². The van der Waals surface area contributed by atoms with Crippen molar-refractivity contribution < 1.29 is 18.7 Å². The summed E-state index contributed by atoms with van der Waals surface area (Å²) in [5.74, 6) is 0.413. The van der Waals surface area contributed by atoms with Crippen molar-refractivity contribution in [1.82, 2.24) is 5.32 Å². The van der Waals surface area contributed by atoms with Gasteiger partial charge in [0, 0.05) is 11.3 Å². The van der Waals surface area contributed by atoms with Crippen molar-refractivity contribution in [2.24, 2.45) is 0 Å². The van der Waals surface area contributed by atoms with Crippen molar-refractivity contribution in [2.75, 3.05) is 5.32 Å². The van der Waals surface area contributed by atoms with Crippen LogP contribution in [0.1, 0.15) is 36.9 Å². The van der Waals surface area contributed by atoms with E-state index in [-0.39, 0.29) is 5.91 Å². The molecule has 2 rings (SSSR count). The minimum absolute atomic E-state index is 0.255. The molecule has 0 aliphatic heterocycles. The molecular formula is C17H20N2O4. The van der Waals surface area contributed by atoms with Crippen LogP contribution in [0.25, 0.3) is 0 Å². The molecule has 122 valence electrons. The van der Waals surface area contributed by atoms with Gasteiger partial charge in [0.05, 0.1) is 12.8 Å². The molecule has 2 N–H and O–H groups in total. The van der Waals surface area contributed by atoms with Gasteiger partial charge in [-0.25, -0.2) is 4.79 Å². The maximum atomic E-state index is 12.1. The quantitative estimate of drug-likeness (QED) is 0.904. The second kappa shape index (κ2) is 7.00. The standard InChI is InChI=1S/C17H20N2O4/c1-17(2,3)23-16(21)19-13-7-4-6-12(10-13)15(20)18-11-14-8-5-9-22-14/h4-10H,11H2,1-3H3,(H,18,20)(H,19,21). The van der Waals surface area contributed by atoms with Gasteiger partial charge >= 0.3 is 6.09 Å². The van der Waals surface area contributed by atoms with Crippen molar-refractivity contribution in [1.29, 1.82) is 0 Å². The highest BCUT2D eigenvalue weighted by Crippen LogP contribution is 2.14. The SMILES string of the molecule is CC(C)(C)OC(=O)Nc1cccc(C(=O)NCc2ccco2)c1. The number of rotatable bonds is 4. The molecule has 2 aromatic rings. The van der Waals surface area contributed by atoms with Crippen LogP contribution in [0.5, 0.6) is 0 Å². The Labute approximate surface area is 134 Å². The Morgan fingerprint density at radius 2 is 1.96 bits per heavy atom. The zero-order chi connectivity index (χ0) is 16.9. The van der Waals surface area contributed by atoms with Crippen LogP contribution < -0.4 is 10.6 Å². The predicted octanol–water partition coefficient (Wildman–Crippen LogP) is 3.56. The van der Waals surface area contributed by atoms with Gasteiger partial charge in [0.1, 0.15) is 11.4 Å². The smallest absolute Gasteiger partial charge is 0.412 e. The van der Waals surface area contributed by atoms with E-state index in [0.29, 0.717) is 23.6 Å². The van der Waals surface area contributed by atoms with Crippen LogP contribution in [0.2, 0.25) is 0 Å². The number of furan rings is 1. The number of hydrogen-bond donors (Lipinski definition) is 2. The lowest BCUT2D eigenvalue weighted by Gasteiger charge is -2.19. The molecule has 1 aromatic carbocycles. The molecule has 2 amide bonds. The number of nitrogens with one attached hydrogen (secondary N) is 2. The number of benzene rings is 1. The van der Waals surface area contributed by atoms with Crippen molar-refractivity contribution in [3.8, 4) is 0 Å². The lowest BCUT2D eigenvalue weighted by atomic mass is 10.2. The van der Waals surface area contributed by atoms with Gasteiger partial charge in [0.2, 0.25) is 0 Å². The molecule has 6 heteroatoms. The van der Waals surface area contributed by atoms with Crippen molar-refractivity contribution in [2.45, 2.75) is 32.9 Å². The molecule has 6 nitrogen and oxygen atoms in total. The fourth-order valence-electron chi connectivity index (χ4n) is 1.84. The van der Waals surface area contributed by atoms with Gasteiger partial charge in [-0.15, -0.1) is 0 Å². The first kappa shape index (κ1) is 16.6. The number of anilines is 1. The monoisotopic (exact) mass is 316 g/mol. The molecule has 0 atom stereocenters. The second-order valence-electron chi connectivity index (χ2n) is 5.97. The lowest BCUT2D eigenvalue weighted by Crippen LogP contribution is -2.27. The summed E-state index contributed by atoms with van der Waals surface area (Å²) in [6.45, 7) is 5.65. The number of carbonyl (C=O) groups excluding carboxylic acids is 2. The maximum Gasteiger partial charge on any atom is 0.412 e. The largest absolute Gasteiger partial charge is 0.467 e. The summed E-state index contributed by atoms with van der Waals surface area (Å²) in [6.07, 6.45) is 0.984. The molecule has 0 aliphatic carbocycles. The molecule has 0 unspecified atom stereocenters. The van der Waals surface area contributed by atoms with Crippen LogP contribution in [-0.2, 0) is 11.3 Å². The molecular weight excluding hydrogens is 296 g/mol. The van der Waals surface area contributed by atoms with Crippen molar-refractivity contribution in [3.63, 3.8) is 0 Å². The first-order valence-electron chi connectivity index (χ1n) is 7.24. The molecule has 1 aromatic heterocycles. The Morgan fingerprint density at radius 3 is 2.61 bits per heavy atom. The minimum Gasteiger partial charge on any atom is -0.467 e. The first-order valence-corrected chi connectivity index (χ1v) is 7.24. The fourth-order valence-corrected chi connectivity index (χ4v) is 1.84. The Morgan fingerprint density at radius 1 is 1.17 bits per heavy atom. The maximum absolute atomic E-state index is 12.1. The van der Waals surface area contributed by atoms with Crippen molar-refractivity contribution >= 4 is 17.7 Å². The van der Waals surface area contributed by atoms with Crippen LogP contribution in [0.4, 0.5) is 10.5 Å². The molecule has 0 saturated heterocycles. The van der Waals surface area contributed by atoms with Gasteiger partial charge in [0.25, 0.3) is 5.91 Å². The van der Waals surface area contributed by atoms with E-state index in [1.807, 2.05) is 0 Å². The summed E-state index contributed by atoms with van der Waals surface area (Å²) in [4.78, 5) is 23.9. The number of ether oxygens (including phenoxy) is 1. The molecule has 23 heavy (non-hydrogen) atoms. The normalized spacial score (nSPS) is 10.9. The molecule has 0 radical (unpaired) electrons. The number of carbonyl (C=O) groups is 2. The third-order valence-electron chi connectivity index (χ3n) is 2.77. The number of amides is 2. The predicted molar refractivity (Wildman–Crippen MR) is 86.2 cm³/mol. The summed E-state index contributed by atoms with van der Waals surface area (Å²) < 4.78 is 10.3. The molecule has 0 fully saturated rings. The van der Waals surface area contributed by atoms with Gasteiger partial charge in [-0.3, -0.25) is 10.1 Å². The van der Waals surface area contributed by atoms with E-state index >= 15 is 0 Å².